The molecule has 1 aliphatic rings. The topological polar surface area (TPSA) is 61.8 Å². The molecule has 1 aromatic heterocycles. The molecule has 2 unspecified atom stereocenters. The number of likely N-dealkylation sites (tertiary alicyclic amines) is 1. The second-order valence-corrected chi connectivity index (χ2v) is 6.60. The summed E-state index contributed by atoms with van der Waals surface area (Å²) in [5.74, 6) is 2.11. The molecule has 7 heteroatoms. The number of ether oxygens (including phenoxy) is 1. The van der Waals surface area contributed by atoms with Crippen LogP contribution in [-0.2, 0) is 6.54 Å². The number of guanidine groups is 1. The number of pyridine rings is 1. The summed E-state index contributed by atoms with van der Waals surface area (Å²) in [6.07, 6.45) is 1.75. The van der Waals surface area contributed by atoms with Crippen LogP contribution >= 0.6 is 24.0 Å². The third-order valence-corrected chi connectivity index (χ3v) is 4.49. The van der Waals surface area contributed by atoms with Gasteiger partial charge in [-0.05, 0) is 32.8 Å². The van der Waals surface area contributed by atoms with E-state index in [0.717, 1.165) is 24.6 Å². The SMILES string of the molecule is CCOc1ncccc1CNC(=NC)NC1CN(C(C)C)CC1C.I. The highest BCUT2D eigenvalue weighted by Crippen LogP contribution is 2.18. The predicted molar refractivity (Wildman–Crippen MR) is 114 cm³/mol. The van der Waals surface area contributed by atoms with Gasteiger partial charge < -0.3 is 15.4 Å². The minimum Gasteiger partial charge on any atom is -0.478 e. The Morgan fingerprint density at radius 1 is 1.44 bits per heavy atom. The average Bonchev–Trinajstić information content (AvgIpc) is 2.94. The lowest BCUT2D eigenvalue weighted by Crippen LogP contribution is -2.46. The molecule has 1 fully saturated rings. The van der Waals surface area contributed by atoms with Crippen LogP contribution in [0.3, 0.4) is 0 Å². The first kappa shape index (κ1) is 22.0. The molecule has 2 rings (SSSR count). The van der Waals surface area contributed by atoms with Crippen molar-refractivity contribution in [2.75, 3.05) is 26.7 Å². The zero-order valence-corrected chi connectivity index (χ0v) is 18.3. The van der Waals surface area contributed by atoms with Crippen molar-refractivity contribution in [3.8, 4) is 5.88 Å². The number of halogens is 1. The van der Waals surface area contributed by atoms with Gasteiger partial charge in [0.15, 0.2) is 5.96 Å². The molecule has 0 saturated carbocycles. The molecule has 2 N–H and O–H groups in total. The number of aliphatic imine (C=N–C) groups is 1. The summed E-state index contributed by atoms with van der Waals surface area (Å²) in [5, 5.41) is 6.93. The standard InChI is InChI=1S/C18H31N5O.HI/c1-6-24-17-15(8-7-9-20-17)10-21-18(19-5)22-16-12-23(13(2)3)11-14(16)4;/h7-9,13-14,16H,6,10-12H2,1-5H3,(H2,19,21,22);1H. The van der Waals surface area contributed by atoms with Gasteiger partial charge in [0.2, 0.25) is 5.88 Å². The molecule has 142 valence electrons. The van der Waals surface area contributed by atoms with Gasteiger partial charge in [0, 0.05) is 50.5 Å². The Kier molecular flexibility index (Phi) is 9.48. The van der Waals surface area contributed by atoms with Gasteiger partial charge in [-0.2, -0.15) is 0 Å². The van der Waals surface area contributed by atoms with E-state index >= 15 is 0 Å². The van der Waals surface area contributed by atoms with Crippen LogP contribution in [0.5, 0.6) is 5.88 Å². The van der Waals surface area contributed by atoms with Gasteiger partial charge >= 0.3 is 0 Å². The normalized spacial score (nSPS) is 21.1. The summed E-state index contributed by atoms with van der Waals surface area (Å²) in [6.45, 7) is 12.2. The summed E-state index contributed by atoms with van der Waals surface area (Å²) in [6, 6.07) is 4.95. The maximum Gasteiger partial charge on any atom is 0.218 e. The number of nitrogens with zero attached hydrogens (tertiary/aromatic N) is 3. The second-order valence-electron chi connectivity index (χ2n) is 6.60. The number of hydrogen-bond acceptors (Lipinski definition) is 4. The van der Waals surface area contributed by atoms with Crippen LogP contribution in [0.25, 0.3) is 0 Å². The summed E-state index contributed by atoms with van der Waals surface area (Å²) in [4.78, 5) is 11.2. The van der Waals surface area contributed by atoms with Gasteiger partial charge in [-0.1, -0.05) is 13.0 Å². The molecule has 1 aliphatic heterocycles. The van der Waals surface area contributed by atoms with Gasteiger partial charge in [-0.3, -0.25) is 9.89 Å². The van der Waals surface area contributed by atoms with Crippen LogP contribution in [0, 0.1) is 5.92 Å². The number of rotatable bonds is 6. The van der Waals surface area contributed by atoms with E-state index < -0.39 is 0 Å². The van der Waals surface area contributed by atoms with Crippen molar-refractivity contribution in [1.29, 1.82) is 0 Å². The van der Waals surface area contributed by atoms with Crippen molar-refractivity contribution in [1.82, 2.24) is 20.5 Å². The average molecular weight is 461 g/mol. The number of nitrogens with one attached hydrogen (secondary N) is 2. The van der Waals surface area contributed by atoms with Crippen molar-refractivity contribution >= 4 is 29.9 Å². The Hall–Kier alpha value is -1.09. The lowest BCUT2D eigenvalue weighted by molar-refractivity contribution is 0.265. The zero-order chi connectivity index (χ0) is 17.5. The first-order valence-electron chi connectivity index (χ1n) is 8.83. The first-order valence-corrected chi connectivity index (χ1v) is 8.83. The second kappa shape index (κ2) is 10.8. The largest absolute Gasteiger partial charge is 0.478 e. The third kappa shape index (κ3) is 6.29. The van der Waals surface area contributed by atoms with Crippen molar-refractivity contribution in [2.45, 2.75) is 46.3 Å². The maximum absolute atomic E-state index is 5.58. The van der Waals surface area contributed by atoms with E-state index in [2.05, 4.69) is 46.3 Å². The van der Waals surface area contributed by atoms with E-state index in [1.165, 1.54) is 0 Å². The molecule has 0 radical (unpaired) electrons. The molecule has 0 amide bonds. The maximum atomic E-state index is 5.58. The molecule has 0 spiro atoms. The van der Waals surface area contributed by atoms with E-state index in [1.54, 1.807) is 6.20 Å². The zero-order valence-electron chi connectivity index (χ0n) is 16.0. The van der Waals surface area contributed by atoms with Crippen LogP contribution < -0.4 is 15.4 Å². The number of hydrogen-bond donors (Lipinski definition) is 2. The highest BCUT2D eigenvalue weighted by atomic mass is 127. The van der Waals surface area contributed by atoms with E-state index in [1.807, 2.05) is 26.1 Å². The Morgan fingerprint density at radius 3 is 2.80 bits per heavy atom. The molecule has 0 bridgehead atoms. The summed E-state index contributed by atoms with van der Waals surface area (Å²) in [7, 11) is 1.81. The summed E-state index contributed by atoms with van der Waals surface area (Å²) >= 11 is 0. The van der Waals surface area contributed by atoms with Gasteiger partial charge in [0.05, 0.1) is 6.61 Å². The summed E-state index contributed by atoms with van der Waals surface area (Å²) in [5.41, 5.74) is 1.03. The molecule has 2 heterocycles. The van der Waals surface area contributed by atoms with Gasteiger partial charge in [-0.25, -0.2) is 4.98 Å². The van der Waals surface area contributed by atoms with Crippen LogP contribution in [0.4, 0.5) is 0 Å². The fraction of sp³-hybridized carbons (Fsp3) is 0.667. The van der Waals surface area contributed by atoms with Crippen molar-refractivity contribution in [2.24, 2.45) is 10.9 Å². The van der Waals surface area contributed by atoms with Crippen LogP contribution in [0.1, 0.15) is 33.3 Å². The van der Waals surface area contributed by atoms with Crippen LogP contribution in [-0.4, -0.2) is 54.7 Å². The van der Waals surface area contributed by atoms with E-state index in [-0.39, 0.29) is 24.0 Å². The molecule has 1 saturated heterocycles. The van der Waals surface area contributed by atoms with Gasteiger partial charge in [0.1, 0.15) is 0 Å². The predicted octanol–water partition coefficient (Wildman–Crippen LogP) is 2.49. The van der Waals surface area contributed by atoms with Crippen LogP contribution in [0.2, 0.25) is 0 Å². The van der Waals surface area contributed by atoms with Crippen LogP contribution in [0.15, 0.2) is 23.3 Å². The van der Waals surface area contributed by atoms with E-state index in [4.69, 9.17) is 4.74 Å². The lowest BCUT2D eigenvalue weighted by atomic mass is 10.1. The molecule has 25 heavy (non-hydrogen) atoms. The molecule has 6 nitrogen and oxygen atoms in total. The third-order valence-electron chi connectivity index (χ3n) is 4.49. The molecule has 0 aliphatic carbocycles. The Morgan fingerprint density at radius 2 is 2.20 bits per heavy atom. The smallest absolute Gasteiger partial charge is 0.218 e. The highest BCUT2D eigenvalue weighted by Gasteiger charge is 2.31. The molecule has 2 atom stereocenters. The number of aromatic nitrogens is 1. The van der Waals surface area contributed by atoms with Gasteiger partial charge in [0.25, 0.3) is 0 Å². The lowest BCUT2D eigenvalue weighted by Gasteiger charge is -2.22. The molecule has 0 aromatic carbocycles. The Bertz CT molecular complexity index is 552. The quantitative estimate of drug-likeness (QED) is 0.387. The molecular weight excluding hydrogens is 429 g/mol. The minimum atomic E-state index is 0. The highest BCUT2D eigenvalue weighted by molar-refractivity contribution is 14.0. The molecule has 1 aromatic rings. The van der Waals surface area contributed by atoms with Crippen molar-refractivity contribution in [3.63, 3.8) is 0 Å². The van der Waals surface area contributed by atoms with Crippen molar-refractivity contribution < 1.29 is 4.74 Å². The van der Waals surface area contributed by atoms with Gasteiger partial charge in [-0.15, -0.1) is 24.0 Å². The first-order chi connectivity index (χ1) is 11.5. The summed E-state index contributed by atoms with van der Waals surface area (Å²) < 4.78 is 5.58. The fourth-order valence-corrected chi connectivity index (χ4v) is 2.99. The fourth-order valence-electron chi connectivity index (χ4n) is 2.99. The Labute approximate surface area is 168 Å². The monoisotopic (exact) mass is 461 g/mol. The van der Waals surface area contributed by atoms with E-state index in [0.29, 0.717) is 37.0 Å². The Balaban J connectivity index is 0.00000312. The van der Waals surface area contributed by atoms with Crippen molar-refractivity contribution in [3.05, 3.63) is 23.9 Å². The van der Waals surface area contributed by atoms with E-state index in [9.17, 15) is 0 Å². The molecular formula is C18H32IN5O. The minimum absolute atomic E-state index is 0.